The fraction of sp³-hybridized carbons (Fsp3) is 0.444. The third kappa shape index (κ3) is 5.22. The molecular weight excluding hydrogens is 316 g/mol. The molecule has 7 nitrogen and oxygen atoms in total. The number of carbonyl (C=O) groups is 1. The van der Waals surface area contributed by atoms with Gasteiger partial charge in [-0.1, -0.05) is 6.07 Å². The zero-order valence-corrected chi connectivity index (χ0v) is 14.5. The molecule has 0 bridgehead atoms. The van der Waals surface area contributed by atoms with Gasteiger partial charge in [0.2, 0.25) is 11.9 Å². The summed E-state index contributed by atoms with van der Waals surface area (Å²) in [6.45, 7) is 2.75. The van der Waals surface area contributed by atoms with Crippen LogP contribution in [-0.2, 0) is 11.3 Å². The second-order valence-electron chi connectivity index (χ2n) is 6.44. The first kappa shape index (κ1) is 17.3. The fourth-order valence-electron chi connectivity index (χ4n) is 3.11. The van der Waals surface area contributed by atoms with Gasteiger partial charge in [-0.25, -0.2) is 9.97 Å². The SMILES string of the molecule is CN(CC(=O)N[C@@H]1CCCN(c2ncccn2)C1)Cc1cccnc1. The monoisotopic (exact) mass is 340 g/mol. The van der Waals surface area contributed by atoms with Gasteiger partial charge in [0.15, 0.2) is 0 Å². The van der Waals surface area contributed by atoms with Gasteiger partial charge in [0.05, 0.1) is 6.54 Å². The summed E-state index contributed by atoms with van der Waals surface area (Å²) in [5, 5.41) is 3.14. The predicted molar refractivity (Wildman–Crippen MR) is 96.0 cm³/mol. The van der Waals surface area contributed by atoms with Crippen LogP contribution in [0.3, 0.4) is 0 Å². The van der Waals surface area contributed by atoms with Crippen molar-refractivity contribution in [2.24, 2.45) is 0 Å². The summed E-state index contributed by atoms with van der Waals surface area (Å²) in [6, 6.07) is 5.87. The van der Waals surface area contributed by atoms with Gasteiger partial charge in [0, 0.05) is 50.5 Å². The van der Waals surface area contributed by atoms with Crippen molar-refractivity contribution in [3.63, 3.8) is 0 Å². The Morgan fingerprint density at radius 3 is 2.92 bits per heavy atom. The molecule has 1 atom stereocenters. The molecule has 1 N–H and O–H groups in total. The van der Waals surface area contributed by atoms with Gasteiger partial charge in [-0.3, -0.25) is 14.7 Å². The topological polar surface area (TPSA) is 74.2 Å². The molecule has 7 heteroatoms. The quantitative estimate of drug-likeness (QED) is 0.848. The standard InChI is InChI=1S/C18H24N6O/c1-23(12-15-5-2-7-19-11-15)14-17(25)22-16-6-3-10-24(13-16)18-20-8-4-9-21-18/h2,4-5,7-9,11,16H,3,6,10,12-14H2,1H3,(H,22,25)/t16-/m1/s1. The maximum Gasteiger partial charge on any atom is 0.234 e. The van der Waals surface area contributed by atoms with Gasteiger partial charge < -0.3 is 10.2 Å². The van der Waals surface area contributed by atoms with Crippen molar-refractivity contribution >= 4 is 11.9 Å². The first-order valence-electron chi connectivity index (χ1n) is 8.59. The van der Waals surface area contributed by atoms with Crippen LogP contribution in [0.25, 0.3) is 0 Å². The molecule has 0 aromatic carbocycles. The molecule has 2 aromatic rings. The summed E-state index contributed by atoms with van der Waals surface area (Å²) in [5.74, 6) is 0.780. The molecule has 1 aliphatic rings. The Bertz CT molecular complexity index is 666. The van der Waals surface area contributed by atoms with Gasteiger partial charge >= 0.3 is 0 Å². The lowest BCUT2D eigenvalue weighted by atomic mass is 10.1. The molecule has 1 fully saturated rings. The predicted octanol–water partition coefficient (Wildman–Crippen LogP) is 1.09. The van der Waals surface area contributed by atoms with E-state index < -0.39 is 0 Å². The average molecular weight is 340 g/mol. The van der Waals surface area contributed by atoms with E-state index >= 15 is 0 Å². The van der Waals surface area contributed by atoms with Crippen LogP contribution in [0.2, 0.25) is 0 Å². The lowest BCUT2D eigenvalue weighted by Crippen LogP contribution is -2.50. The molecule has 132 valence electrons. The van der Waals surface area contributed by atoms with Gasteiger partial charge in [0.1, 0.15) is 0 Å². The Labute approximate surface area is 148 Å². The summed E-state index contributed by atoms with van der Waals surface area (Å²) < 4.78 is 0. The van der Waals surface area contributed by atoms with Crippen LogP contribution < -0.4 is 10.2 Å². The molecule has 3 rings (SSSR count). The molecule has 1 amide bonds. The number of carbonyl (C=O) groups excluding carboxylic acids is 1. The smallest absolute Gasteiger partial charge is 0.234 e. The maximum absolute atomic E-state index is 12.3. The number of amides is 1. The van der Waals surface area contributed by atoms with Crippen LogP contribution in [0, 0.1) is 0 Å². The Balaban J connectivity index is 1.47. The molecule has 2 aromatic heterocycles. The molecule has 0 unspecified atom stereocenters. The van der Waals surface area contributed by atoms with Crippen molar-refractivity contribution < 1.29 is 4.79 Å². The first-order valence-corrected chi connectivity index (χ1v) is 8.59. The van der Waals surface area contributed by atoms with Crippen molar-refractivity contribution in [3.05, 3.63) is 48.5 Å². The number of nitrogens with zero attached hydrogens (tertiary/aromatic N) is 5. The highest BCUT2D eigenvalue weighted by Gasteiger charge is 2.23. The largest absolute Gasteiger partial charge is 0.350 e. The lowest BCUT2D eigenvalue weighted by Gasteiger charge is -2.33. The molecule has 0 spiro atoms. The van der Waals surface area contributed by atoms with Crippen molar-refractivity contribution in [1.82, 2.24) is 25.2 Å². The minimum Gasteiger partial charge on any atom is -0.350 e. The van der Waals surface area contributed by atoms with Crippen LogP contribution in [0.4, 0.5) is 5.95 Å². The van der Waals surface area contributed by atoms with Crippen LogP contribution in [-0.4, -0.2) is 58.5 Å². The number of anilines is 1. The minimum absolute atomic E-state index is 0.0484. The van der Waals surface area contributed by atoms with E-state index in [-0.39, 0.29) is 11.9 Å². The molecular formula is C18H24N6O. The summed E-state index contributed by atoms with van der Waals surface area (Å²) in [5.41, 5.74) is 1.10. The highest BCUT2D eigenvalue weighted by molar-refractivity contribution is 5.78. The highest BCUT2D eigenvalue weighted by Crippen LogP contribution is 2.15. The highest BCUT2D eigenvalue weighted by atomic mass is 16.2. The average Bonchev–Trinajstić information content (AvgIpc) is 2.63. The Morgan fingerprint density at radius 1 is 1.32 bits per heavy atom. The van der Waals surface area contributed by atoms with E-state index in [4.69, 9.17) is 0 Å². The molecule has 3 heterocycles. The van der Waals surface area contributed by atoms with Gasteiger partial charge in [-0.15, -0.1) is 0 Å². The Kier molecular flexibility index (Phi) is 5.90. The van der Waals surface area contributed by atoms with Gasteiger partial charge in [-0.05, 0) is 37.6 Å². The second kappa shape index (κ2) is 8.53. The molecule has 1 aliphatic heterocycles. The number of nitrogens with one attached hydrogen (secondary N) is 1. The molecule has 25 heavy (non-hydrogen) atoms. The number of likely N-dealkylation sites (N-methyl/N-ethyl adjacent to an activating group) is 1. The van der Waals surface area contributed by atoms with E-state index in [0.29, 0.717) is 13.1 Å². The van der Waals surface area contributed by atoms with Crippen molar-refractivity contribution in [2.75, 3.05) is 31.6 Å². The van der Waals surface area contributed by atoms with E-state index in [0.717, 1.165) is 37.4 Å². The normalized spacial score (nSPS) is 17.5. The van der Waals surface area contributed by atoms with Crippen molar-refractivity contribution in [3.8, 4) is 0 Å². The maximum atomic E-state index is 12.3. The van der Waals surface area contributed by atoms with E-state index in [2.05, 4.69) is 25.2 Å². The van der Waals surface area contributed by atoms with E-state index in [1.54, 1.807) is 18.6 Å². The minimum atomic E-state index is 0.0484. The summed E-state index contributed by atoms with van der Waals surface area (Å²) in [6.07, 6.45) is 9.08. The van der Waals surface area contributed by atoms with Crippen LogP contribution in [0.15, 0.2) is 43.0 Å². The fourth-order valence-corrected chi connectivity index (χ4v) is 3.11. The molecule has 0 radical (unpaired) electrons. The molecule has 0 saturated carbocycles. The number of hydrogen-bond acceptors (Lipinski definition) is 6. The van der Waals surface area contributed by atoms with Crippen molar-refractivity contribution in [1.29, 1.82) is 0 Å². The lowest BCUT2D eigenvalue weighted by molar-refractivity contribution is -0.122. The number of aromatic nitrogens is 3. The number of rotatable bonds is 6. The third-order valence-electron chi connectivity index (χ3n) is 4.21. The van der Waals surface area contributed by atoms with E-state index in [1.165, 1.54) is 0 Å². The van der Waals surface area contributed by atoms with Crippen LogP contribution >= 0.6 is 0 Å². The van der Waals surface area contributed by atoms with Gasteiger partial charge in [-0.2, -0.15) is 0 Å². The number of pyridine rings is 1. The number of piperidine rings is 1. The van der Waals surface area contributed by atoms with E-state index in [1.807, 2.05) is 36.3 Å². The number of hydrogen-bond donors (Lipinski definition) is 1. The van der Waals surface area contributed by atoms with Gasteiger partial charge in [0.25, 0.3) is 0 Å². The third-order valence-corrected chi connectivity index (χ3v) is 4.21. The van der Waals surface area contributed by atoms with Crippen LogP contribution in [0.5, 0.6) is 0 Å². The summed E-state index contributed by atoms with van der Waals surface area (Å²) in [7, 11) is 1.94. The molecule has 1 saturated heterocycles. The van der Waals surface area contributed by atoms with E-state index in [9.17, 15) is 4.79 Å². The summed E-state index contributed by atoms with van der Waals surface area (Å²) in [4.78, 5) is 29.2. The van der Waals surface area contributed by atoms with Crippen molar-refractivity contribution in [2.45, 2.75) is 25.4 Å². The summed E-state index contributed by atoms with van der Waals surface area (Å²) >= 11 is 0. The van der Waals surface area contributed by atoms with Crippen LogP contribution in [0.1, 0.15) is 18.4 Å². The Morgan fingerprint density at radius 2 is 2.16 bits per heavy atom. The zero-order chi connectivity index (χ0) is 17.5. The molecule has 0 aliphatic carbocycles. The Hall–Kier alpha value is -2.54. The first-order chi connectivity index (χ1) is 12.2. The second-order valence-corrected chi connectivity index (χ2v) is 6.44. The zero-order valence-electron chi connectivity index (χ0n) is 14.5.